The molecule has 0 spiro atoms. The fraction of sp³-hybridized carbons (Fsp3) is 0.600. The molecule has 0 aliphatic carbocycles. The van der Waals surface area contributed by atoms with Crippen molar-refractivity contribution in [3.63, 3.8) is 0 Å². The maximum Gasteiger partial charge on any atom is 0.0557 e. The Labute approximate surface area is 104 Å². The first kappa shape index (κ1) is 11.1. The van der Waals surface area contributed by atoms with Crippen molar-refractivity contribution in [2.45, 2.75) is 32.6 Å². The van der Waals surface area contributed by atoms with E-state index in [1.54, 1.807) is 5.56 Å². The molecule has 2 aliphatic rings. The molecule has 0 radical (unpaired) electrons. The number of rotatable bonds is 2. The maximum atomic E-state index is 5.32. The van der Waals surface area contributed by atoms with Gasteiger partial charge >= 0.3 is 0 Å². The van der Waals surface area contributed by atoms with E-state index in [2.05, 4.69) is 30.9 Å². The summed E-state index contributed by atoms with van der Waals surface area (Å²) in [5, 5.41) is 0. The fourth-order valence-corrected chi connectivity index (χ4v) is 3.02. The van der Waals surface area contributed by atoms with Crippen LogP contribution in [-0.4, -0.2) is 26.3 Å². The Kier molecular flexibility index (Phi) is 2.83. The standard InChI is InChI=1S/C15H21NO/c1-3-16-6-4-5-12-8-14(13-9-17-10-13)11(2)7-15(12)16/h7-8,13H,3-6,9-10H2,1-2H3. The Hall–Kier alpha value is -1.02. The molecular formula is C15H21NO. The number of aryl methyl sites for hydroxylation is 2. The maximum absolute atomic E-state index is 5.32. The minimum atomic E-state index is 0.650. The summed E-state index contributed by atoms with van der Waals surface area (Å²) in [5.41, 5.74) is 5.98. The van der Waals surface area contributed by atoms with Crippen LogP contribution in [0.5, 0.6) is 0 Å². The zero-order valence-corrected chi connectivity index (χ0v) is 10.8. The lowest BCUT2D eigenvalue weighted by atomic mass is 9.88. The van der Waals surface area contributed by atoms with Crippen LogP contribution in [0.3, 0.4) is 0 Å². The quantitative estimate of drug-likeness (QED) is 0.776. The molecule has 1 aromatic rings. The molecule has 2 heteroatoms. The van der Waals surface area contributed by atoms with Crippen LogP contribution >= 0.6 is 0 Å². The van der Waals surface area contributed by atoms with E-state index in [4.69, 9.17) is 4.74 Å². The molecule has 2 aliphatic heterocycles. The highest BCUT2D eigenvalue weighted by atomic mass is 16.5. The zero-order valence-electron chi connectivity index (χ0n) is 10.8. The van der Waals surface area contributed by atoms with E-state index in [1.807, 2.05) is 0 Å². The van der Waals surface area contributed by atoms with E-state index < -0.39 is 0 Å². The van der Waals surface area contributed by atoms with Crippen molar-refractivity contribution in [2.24, 2.45) is 0 Å². The molecule has 0 atom stereocenters. The van der Waals surface area contributed by atoms with Crippen LogP contribution in [0, 0.1) is 6.92 Å². The van der Waals surface area contributed by atoms with Gasteiger partial charge in [-0.05, 0) is 49.4 Å². The van der Waals surface area contributed by atoms with Crippen molar-refractivity contribution < 1.29 is 4.74 Å². The molecule has 2 heterocycles. The molecular weight excluding hydrogens is 210 g/mol. The second-order valence-corrected chi connectivity index (χ2v) is 5.26. The van der Waals surface area contributed by atoms with Gasteiger partial charge in [-0.25, -0.2) is 0 Å². The van der Waals surface area contributed by atoms with Crippen molar-refractivity contribution in [3.05, 3.63) is 28.8 Å². The van der Waals surface area contributed by atoms with Crippen molar-refractivity contribution in [2.75, 3.05) is 31.2 Å². The van der Waals surface area contributed by atoms with Crippen LogP contribution in [0.1, 0.15) is 36.0 Å². The summed E-state index contributed by atoms with van der Waals surface area (Å²) in [6, 6.07) is 4.84. The van der Waals surface area contributed by atoms with E-state index in [-0.39, 0.29) is 0 Å². The summed E-state index contributed by atoms with van der Waals surface area (Å²) in [4.78, 5) is 2.51. The fourth-order valence-electron chi connectivity index (χ4n) is 3.02. The minimum absolute atomic E-state index is 0.650. The van der Waals surface area contributed by atoms with E-state index in [9.17, 15) is 0 Å². The second kappa shape index (κ2) is 4.34. The van der Waals surface area contributed by atoms with E-state index in [0.29, 0.717) is 5.92 Å². The summed E-state index contributed by atoms with van der Waals surface area (Å²) in [7, 11) is 0. The molecule has 0 unspecified atom stereocenters. The Morgan fingerprint density at radius 2 is 2.18 bits per heavy atom. The number of fused-ring (bicyclic) bond motifs is 1. The number of nitrogens with zero attached hydrogens (tertiary/aromatic N) is 1. The topological polar surface area (TPSA) is 12.5 Å². The highest BCUT2D eigenvalue weighted by molar-refractivity contribution is 5.59. The molecule has 3 rings (SSSR count). The lowest BCUT2D eigenvalue weighted by Gasteiger charge is -2.34. The highest BCUT2D eigenvalue weighted by Gasteiger charge is 2.25. The van der Waals surface area contributed by atoms with Gasteiger partial charge in [0.05, 0.1) is 13.2 Å². The van der Waals surface area contributed by atoms with Gasteiger partial charge in [0, 0.05) is 24.7 Å². The molecule has 0 N–H and O–H groups in total. The lowest BCUT2D eigenvalue weighted by Crippen LogP contribution is -2.30. The van der Waals surface area contributed by atoms with Crippen LogP contribution in [-0.2, 0) is 11.2 Å². The third kappa shape index (κ3) is 1.85. The molecule has 0 amide bonds. The normalized spacial score (nSPS) is 20.0. The van der Waals surface area contributed by atoms with Gasteiger partial charge in [0.2, 0.25) is 0 Å². The van der Waals surface area contributed by atoms with Gasteiger partial charge in [0.15, 0.2) is 0 Å². The van der Waals surface area contributed by atoms with Gasteiger partial charge in [0.25, 0.3) is 0 Å². The number of hydrogen-bond donors (Lipinski definition) is 0. The Balaban J connectivity index is 1.99. The smallest absolute Gasteiger partial charge is 0.0557 e. The van der Waals surface area contributed by atoms with Crippen molar-refractivity contribution in [1.82, 2.24) is 0 Å². The Morgan fingerprint density at radius 1 is 1.35 bits per heavy atom. The Morgan fingerprint density at radius 3 is 2.82 bits per heavy atom. The third-order valence-corrected chi connectivity index (χ3v) is 4.14. The average Bonchev–Trinajstić information content (AvgIpc) is 2.27. The van der Waals surface area contributed by atoms with Gasteiger partial charge in [0.1, 0.15) is 0 Å². The minimum Gasteiger partial charge on any atom is -0.380 e. The lowest BCUT2D eigenvalue weighted by molar-refractivity contribution is 0.00815. The molecule has 0 saturated carbocycles. The Bertz CT molecular complexity index is 423. The van der Waals surface area contributed by atoms with E-state index in [0.717, 1.165) is 19.8 Å². The average molecular weight is 231 g/mol. The van der Waals surface area contributed by atoms with Gasteiger partial charge in [-0.15, -0.1) is 0 Å². The molecule has 2 nitrogen and oxygen atoms in total. The van der Waals surface area contributed by atoms with Crippen molar-refractivity contribution in [3.8, 4) is 0 Å². The van der Waals surface area contributed by atoms with Gasteiger partial charge in [-0.2, -0.15) is 0 Å². The summed E-state index contributed by atoms with van der Waals surface area (Å²) >= 11 is 0. The van der Waals surface area contributed by atoms with Crippen molar-refractivity contribution >= 4 is 5.69 Å². The van der Waals surface area contributed by atoms with Crippen LogP contribution in [0.15, 0.2) is 12.1 Å². The van der Waals surface area contributed by atoms with Crippen LogP contribution in [0.2, 0.25) is 0 Å². The number of anilines is 1. The molecule has 1 aromatic carbocycles. The first-order valence-electron chi connectivity index (χ1n) is 6.75. The number of hydrogen-bond acceptors (Lipinski definition) is 2. The summed E-state index contributed by atoms with van der Waals surface area (Å²) < 4.78 is 5.32. The van der Waals surface area contributed by atoms with Crippen LogP contribution in [0.25, 0.3) is 0 Å². The predicted molar refractivity (Wildman–Crippen MR) is 70.9 cm³/mol. The molecule has 0 aromatic heterocycles. The molecule has 0 bridgehead atoms. The van der Waals surface area contributed by atoms with Gasteiger partial charge < -0.3 is 9.64 Å². The first-order chi connectivity index (χ1) is 8.29. The molecule has 1 fully saturated rings. The van der Waals surface area contributed by atoms with Gasteiger partial charge in [-0.1, -0.05) is 6.07 Å². The SMILES string of the molecule is CCN1CCCc2cc(C3COC3)c(C)cc21. The molecule has 92 valence electrons. The largest absolute Gasteiger partial charge is 0.380 e. The molecule has 1 saturated heterocycles. The summed E-state index contributed by atoms with van der Waals surface area (Å²) in [5.74, 6) is 0.650. The van der Waals surface area contributed by atoms with Crippen LogP contribution in [0.4, 0.5) is 5.69 Å². The first-order valence-corrected chi connectivity index (χ1v) is 6.75. The van der Waals surface area contributed by atoms with Crippen LogP contribution < -0.4 is 4.90 Å². The van der Waals surface area contributed by atoms with Crippen molar-refractivity contribution in [1.29, 1.82) is 0 Å². The number of benzene rings is 1. The predicted octanol–water partition coefficient (Wildman–Crippen LogP) is 2.88. The second-order valence-electron chi connectivity index (χ2n) is 5.26. The van der Waals surface area contributed by atoms with E-state index in [1.165, 1.54) is 36.2 Å². The highest BCUT2D eigenvalue weighted by Crippen LogP contribution is 2.34. The zero-order chi connectivity index (χ0) is 11.8. The monoisotopic (exact) mass is 231 g/mol. The molecule has 17 heavy (non-hydrogen) atoms. The summed E-state index contributed by atoms with van der Waals surface area (Å²) in [6.45, 7) is 8.66. The van der Waals surface area contributed by atoms with Gasteiger partial charge in [-0.3, -0.25) is 0 Å². The summed E-state index contributed by atoms with van der Waals surface area (Å²) in [6.07, 6.45) is 2.54. The van der Waals surface area contributed by atoms with E-state index >= 15 is 0 Å². The number of ether oxygens (including phenoxy) is 1. The third-order valence-electron chi connectivity index (χ3n) is 4.14.